The van der Waals surface area contributed by atoms with E-state index in [-0.39, 0.29) is 5.56 Å². The van der Waals surface area contributed by atoms with Crippen molar-refractivity contribution in [2.45, 2.75) is 13.5 Å². The van der Waals surface area contributed by atoms with Crippen LogP contribution in [0.25, 0.3) is 10.9 Å². The van der Waals surface area contributed by atoms with Crippen LogP contribution in [0, 0.1) is 6.92 Å². The minimum atomic E-state index is -0.111. The minimum Gasteiger partial charge on any atom is -0.295 e. The second kappa shape index (κ2) is 5.06. The molecule has 20 heavy (non-hydrogen) atoms. The first-order chi connectivity index (χ1) is 9.63. The van der Waals surface area contributed by atoms with Gasteiger partial charge in [-0.3, -0.25) is 9.36 Å². The van der Waals surface area contributed by atoms with Gasteiger partial charge in [0.05, 0.1) is 18.4 Å². The molecule has 0 saturated heterocycles. The number of rotatable bonds is 2. The van der Waals surface area contributed by atoms with Crippen LogP contribution in [-0.2, 0) is 6.54 Å². The molecule has 0 saturated carbocycles. The lowest BCUT2D eigenvalue weighted by atomic mass is 10.1. The lowest BCUT2D eigenvalue weighted by Crippen LogP contribution is -2.19. The maximum atomic E-state index is 11.7. The van der Waals surface area contributed by atoms with Crippen LogP contribution in [0.5, 0.6) is 0 Å². The van der Waals surface area contributed by atoms with Gasteiger partial charge in [-0.1, -0.05) is 23.7 Å². The Morgan fingerprint density at radius 2 is 2.10 bits per heavy atom. The summed E-state index contributed by atoms with van der Waals surface area (Å²) in [5.74, 6) is 0. The number of benzene rings is 1. The molecule has 0 N–H and O–H groups in total. The normalized spacial score (nSPS) is 10.9. The average Bonchev–Trinajstić information content (AvgIpc) is 2.42. The number of fused-ring (bicyclic) bond motifs is 1. The molecule has 0 bridgehead atoms. The number of aromatic nitrogens is 3. The zero-order valence-corrected chi connectivity index (χ0v) is 11.6. The van der Waals surface area contributed by atoms with E-state index in [2.05, 4.69) is 9.97 Å². The Morgan fingerprint density at radius 3 is 2.90 bits per heavy atom. The van der Waals surface area contributed by atoms with Crippen molar-refractivity contribution in [1.82, 2.24) is 14.5 Å². The van der Waals surface area contributed by atoms with E-state index in [0.717, 1.165) is 22.0 Å². The Labute approximate surface area is 120 Å². The molecule has 2 aromatic heterocycles. The van der Waals surface area contributed by atoms with Crippen LogP contribution in [0.3, 0.4) is 0 Å². The number of hydrogen-bond donors (Lipinski definition) is 0. The van der Waals surface area contributed by atoms with Crippen LogP contribution in [0.4, 0.5) is 0 Å². The molecule has 0 unspecified atom stereocenters. The Bertz CT molecular complexity index is 842. The van der Waals surface area contributed by atoms with Crippen molar-refractivity contribution in [3.8, 4) is 0 Å². The minimum absolute atomic E-state index is 0.111. The summed E-state index contributed by atoms with van der Waals surface area (Å²) in [5, 5.41) is 1.42. The lowest BCUT2D eigenvalue weighted by molar-refractivity contribution is 0.734. The average molecular weight is 286 g/mol. The van der Waals surface area contributed by atoms with E-state index >= 15 is 0 Å². The van der Waals surface area contributed by atoms with Gasteiger partial charge in [-0.15, -0.1) is 0 Å². The Kier molecular flexibility index (Phi) is 3.24. The van der Waals surface area contributed by atoms with E-state index in [1.54, 1.807) is 0 Å². The highest BCUT2D eigenvalue weighted by atomic mass is 35.5. The fourth-order valence-electron chi connectivity index (χ4n) is 2.09. The molecule has 5 heteroatoms. The lowest BCUT2D eigenvalue weighted by Gasteiger charge is -2.08. The molecular formula is C15H12ClN3O. The quantitative estimate of drug-likeness (QED) is 0.680. The Morgan fingerprint density at radius 1 is 1.25 bits per heavy atom. The highest BCUT2D eigenvalue weighted by molar-refractivity contribution is 6.30. The highest BCUT2D eigenvalue weighted by Crippen LogP contribution is 2.21. The van der Waals surface area contributed by atoms with Gasteiger partial charge >= 0.3 is 0 Å². The van der Waals surface area contributed by atoms with Crippen molar-refractivity contribution in [1.29, 1.82) is 0 Å². The van der Waals surface area contributed by atoms with E-state index in [4.69, 9.17) is 11.6 Å². The first-order valence-electron chi connectivity index (χ1n) is 6.20. The molecule has 0 amide bonds. The van der Waals surface area contributed by atoms with Gasteiger partial charge < -0.3 is 0 Å². The van der Waals surface area contributed by atoms with Crippen LogP contribution in [0.2, 0.25) is 5.15 Å². The third-order valence-electron chi connectivity index (χ3n) is 3.13. The van der Waals surface area contributed by atoms with Crippen molar-refractivity contribution in [2.24, 2.45) is 0 Å². The fraction of sp³-hybridized carbons (Fsp3) is 0.133. The summed E-state index contributed by atoms with van der Waals surface area (Å²) in [4.78, 5) is 20.0. The summed E-state index contributed by atoms with van der Waals surface area (Å²) < 4.78 is 1.50. The SMILES string of the molecule is Cc1ccc2cc(Cn3cnccc3=O)c(Cl)nc2c1. The van der Waals surface area contributed by atoms with Gasteiger partial charge in [-0.05, 0) is 24.6 Å². The predicted molar refractivity (Wildman–Crippen MR) is 79.1 cm³/mol. The zero-order chi connectivity index (χ0) is 14.1. The molecule has 2 heterocycles. The Balaban J connectivity index is 2.08. The largest absolute Gasteiger partial charge is 0.295 e. The molecule has 0 atom stereocenters. The summed E-state index contributed by atoms with van der Waals surface area (Å²) in [7, 11) is 0. The first-order valence-corrected chi connectivity index (χ1v) is 6.57. The van der Waals surface area contributed by atoms with Gasteiger partial charge in [0.15, 0.2) is 0 Å². The Hall–Kier alpha value is -2.20. The fourth-order valence-corrected chi connectivity index (χ4v) is 2.29. The van der Waals surface area contributed by atoms with E-state index < -0.39 is 0 Å². The van der Waals surface area contributed by atoms with Crippen molar-refractivity contribution in [3.05, 3.63) is 69.5 Å². The maximum Gasteiger partial charge on any atom is 0.253 e. The van der Waals surface area contributed by atoms with E-state index in [1.165, 1.54) is 23.2 Å². The van der Waals surface area contributed by atoms with Gasteiger partial charge in [0, 0.05) is 23.2 Å². The summed E-state index contributed by atoms with van der Waals surface area (Å²) >= 11 is 6.21. The highest BCUT2D eigenvalue weighted by Gasteiger charge is 2.07. The topological polar surface area (TPSA) is 47.8 Å². The van der Waals surface area contributed by atoms with E-state index in [1.807, 2.05) is 31.2 Å². The summed E-state index contributed by atoms with van der Waals surface area (Å²) in [6.07, 6.45) is 2.97. The number of halogens is 1. The predicted octanol–water partition coefficient (Wildman–Crippen LogP) is 2.80. The zero-order valence-electron chi connectivity index (χ0n) is 10.9. The molecular weight excluding hydrogens is 274 g/mol. The molecule has 100 valence electrons. The second-order valence-corrected chi connectivity index (χ2v) is 5.04. The smallest absolute Gasteiger partial charge is 0.253 e. The van der Waals surface area contributed by atoms with E-state index in [9.17, 15) is 4.79 Å². The van der Waals surface area contributed by atoms with Gasteiger partial charge in [-0.2, -0.15) is 0 Å². The van der Waals surface area contributed by atoms with Crippen molar-refractivity contribution >= 4 is 22.5 Å². The number of hydrogen-bond acceptors (Lipinski definition) is 3. The summed E-state index contributed by atoms with van der Waals surface area (Å²) in [6, 6.07) is 9.40. The monoisotopic (exact) mass is 285 g/mol. The standard InChI is InChI=1S/C15H12ClN3O/c1-10-2-3-11-7-12(15(16)18-13(11)6-10)8-19-9-17-5-4-14(19)20/h2-7,9H,8H2,1H3. The number of pyridine rings is 1. The van der Waals surface area contributed by atoms with Gasteiger partial charge in [0.2, 0.25) is 0 Å². The van der Waals surface area contributed by atoms with Gasteiger partial charge in [0.1, 0.15) is 5.15 Å². The molecule has 0 fully saturated rings. The molecule has 0 aliphatic carbocycles. The second-order valence-electron chi connectivity index (χ2n) is 4.68. The van der Waals surface area contributed by atoms with Crippen LogP contribution < -0.4 is 5.56 Å². The molecule has 0 aliphatic rings. The molecule has 3 rings (SSSR count). The third kappa shape index (κ3) is 2.42. The number of nitrogens with zero attached hydrogens (tertiary/aromatic N) is 3. The molecule has 3 aromatic rings. The van der Waals surface area contributed by atoms with Crippen LogP contribution in [-0.4, -0.2) is 14.5 Å². The maximum absolute atomic E-state index is 11.7. The molecule has 0 aliphatic heterocycles. The molecule has 0 radical (unpaired) electrons. The van der Waals surface area contributed by atoms with Crippen molar-refractivity contribution in [2.75, 3.05) is 0 Å². The molecule has 1 aromatic carbocycles. The van der Waals surface area contributed by atoms with Crippen LogP contribution in [0.1, 0.15) is 11.1 Å². The van der Waals surface area contributed by atoms with Gasteiger partial charge in [0.25, 0.3) is 5.56 Å². The first kappa shape index (κ1) is 12.8. The molecule has 4 nitrogen and oxygen atoms in total. The third-order valence-corrected chi connectivity index (χ3v) is 3.46. The van der Waals surface area contributed by atoms with Crippen molar-refractivity contribution < 1.29 is 0 Å². The summed E-state index contributed by atoms with van der Waals surface area (Å²) in [6.45, 7) is 2.38. The van der Waals surface area contributed by atoms with Crippen LogP contribution >= 0.6 is 11.6 Å². The van der Waals surface area contributed by atoms with Crippen molar-refractivity contribution in [3.63, 3.8) is 0 Å². The van der Waals surface area contributed by atoms with E-state index in [0.29, 0.717) is 11.7 Å². The summed E-state index contributed by atoms with van der Waals surface area (Å²) in [5.41, 5.74) is 2.69. The van der Waals surface area contributed by atoms with Crippen LogP contribution in [0.15, 0.2) is 47.7 Å². The number of aryl methyl sites for hydroxylation is 1. The van der Waals surface area contributed by atoms with Gasteiger partial charge in [-0.25, -0.2) is 9.97 Å². The molecule has 0 spiro atoms.